The number of thiol groups is 1. The van der Waals surface area contributed by atoms with Gasteiger partial charge in [-0.05, 0) is 36.8 Å². The predicted molar refractivity (Wildman–Crippen MR) is 81.3 cm³/mol. The molecule has 0 radical (unpaired) electrons. The van der Waals surface area contributed by atoms with Gasteiger partial charge in [-0.15, -0.1) is 0 Å². The van der Waals surface area contributed by atoms with Crippen molar-refractivity contribution in [1.82, 2.24) is 0 Å². The van der Waals surface area contributed by atoms with Gasteiger partial charge in [-0.2, -0.15) is 12.6 Å². The fraction of sp³-hybridized carbons (Fsp3) is 0.571. The summed E-state index contributed by atoms with van der Waals surface area (Å²) in [4.78, 5) is 0. The normalized spacial score (nSPS) is 18.6. The Kier molecular flexibility index (Phi) is 5.11. The van der Waals surface area contributed by atoms with E-state index in [9.17, 15) is 0 Å². The van der Waals surface area contributed by atoms with Gasteiger partial charge in [-0.3, -0.25) is 0 Å². The predicted octanol–water partition coefficient (Wildman–Crippen LogP) is 5.25. The van der Waals surface area contributed by atoms with Crippen LogP contribution in [0.25, 0.3) is 0 Å². The molecule has 0 amide bonds. The van der Waals surface area contributed by atoms with Gasteiger partial charge in [-0.25, -0.2) is 0 Å². The van der Waals surface area contributed by atoms with E-state index in [-0.39, 0.29) is 5.41 Å². The van der Waals surface area contributed by atoms with E-state index in [1.807, 2.05) is 6.07 Å². The fourth-order valence-corrected chi connectivity index (χ4v) is 3.34. The molecule has 0 heterocycles. The molecule has 0 bridgehead atoms. The first-order chi connectivity index (χ1) is 8.65. The summed E-state index contributed by atoms with van der Waals surface area (Å²) in [6.45, 7) is 0.692. The molecule has 0 aromatic heterocycles. The third-order valence-corrected chi connectivity index (χ3v) is 4.88. The van der Waals surface area contributed by atoms with Gasteiger partial charge >= 0.3 is 0 Å². The minimum absolute atomic E-state index is 0.213. The number of halogens is 2. The van der Waals surface area contributed by atoms with Crippen LogP contribution >= 0.6 is 35.8 Å². The minimum atomic E-state index is 0.213. The Bertz CT molecular complexity index is 403. The molecule has 4 heteroatoms. The topological polar surface area (TPSA) is 9.23 Å². The van der Waals surface area contributed by atoms with Gasteiger partial charge in [0.2, 0.25) is 0 Å². The first-order valence-electron chi connectivity index (χ1n) is 6.34. The molecular formula is C14H18Cl2OS. The SMILES string of the molecule is SCC1(COc2ccc(Cl)cc2Cl)CCCCC1. The van der Waals surface area contributed by atoms with Gasteiger partial charge in [-0.1, -0.05) is 42.5 Å². The number of hydrogen-bond donors (Lipinski definition) is 1. The molecule has 0 atom stereocenters. The molecule has 1 nitrogen and oxygen atoms in total. The maximum Gasteiger partial charge on any atom is 0.138 e. The lowest BCUT2D eigenvalue weighted by molar-refractivity contribution is 0.121. The van der Waals surface area contributed by atoms with Gasteiger partial charge in [0.1, 0.15) is 5.75 Å². The third-order valence-electron chi connectivity index (χ3n) is 3.68. The van der Waals surface area contributed by atoms with Crippen molar-refractivity contribution in [2.75, 3.05) is 12.4 Å². The molecule has 0 saturated heterocycles. The van der Waals surface area contributed by atoms with Gasteiger partial charge in [0.25, 0.3) is 0 Å². The molecule has 0 N–H and O–H groups in total. The molecule has 1 aliphatic carbocycles. The largest absolute Gasteiger partial charge is 0.491 e. The lowest BCUT2D eigenvalue weighted by atomic mass is 9.76. The average Bonchev–Trinajstić information content (AvgIpc) is 2.39. The highest BCUT2D eigenvalue weighted by atomic mass is 35.5. The van der Waals surface area contributed by atoms with Crippen LogP contribution < -0.4 is 4.74 Å². The maximum absolute atomic E-state index is 6.11. The van der Waals surface area contributed by atoms with Gasteiger partial charge < -0.3 is 4.74 Å². The molecule has 0 aliphatic heterocycles. The average molecular weight is 305 g/mol. The Morgan fingerprint density at radius 2 is 1.89 bits per heavy atom. The molecule has 1 aromatic carbocycles. The number of ether oxygens (including phenoxy) is 1. The van der Waals surface area contributed by atoms with E-state index in [0.717, 1.165) is 5.75 Å². The Balaban J connectivity index is 2.01. The molecule has 1 saturated carbocycles. The van der Waals surface area contributed by atoms with E-state index in [4.69, 9.17) is 27.9 Å². The summed E-state index contributed by atoms with van der Waals surface area (Å²) < 4.78 is 5.89. The lowest BCUT2D eigenvalue weighted by Crippen LogP contribution is -2.33. The van der Waals surface area contributed by atoms with E-state index in [1.54, 1.807) is 12.1 Å². The van der Waals surface area contributed by atoms with Crippen molar-refractivity contribution < 1.29 is 4.74 Å². The van der Waals surface area contributed by atoms with E-state index >= 15 is 0 Å². The smallest absolute Gasteiger partial charge is 0.138 e. The molecule has 0 spiro atoms. The Morgan fingerprint density at radius 1 is 1.17 bits per heavy atom. The molecule has 0 unspecified atom stereocenters. The minimum Gasteiger partial charge on any atom is -0.491 e. The zero-order chi connectivity index (χ0) is 13.0. The molecule has 18 heavy (non-hydrogen) atoms. The van der Waals surface area contributed by atoms with Crippen LogP contribution in [0.15, 0.2) is 18.2 Å². The van der Waals surface area contributed by atoms with E-state index in [1.165, 1.54) is 32.1 Å². The quantitative estimate of drug-likeness (QED) is 0.747. The van der Waals surface area contributed by atoms with Crippen LogP contribution in [0.1, 0.15) is 32.1 Å². The Labute approximate surface area is 124 Å². The van der Waals surface area contributed by atoms with Crippen molar-refractivity contribution >= 4 is 35.8 Å². The highest BCUT2D eigenvalue weighted by Crippen LogP contribution is 2.38. The second-order valence-corrected chi connectivity index (χ2v) is 6.24. The Hall–Kier alpha value is -0.0500. The first kappa shape index (κ1) is 14.4. The van der Waals surface area contributed by atoms with Crippen LogP contribution in [0.3, 0.4) is 0 Å². The van der Waals surface area contributed by atoms with E-state index in [0.29, 0.717) is 22.4 Å². The highest BCUT2D eigenvalue weighted by molar-refractivity contribution is 7.80. The number of hydrogen-bond acceptors (Lipinski definition) is 2. The van der Waals surface area contributed by atoms with Crippen molar-refractivity contribution in [3.8, 4) is 5.75 Å². The van der Waals surface area contributed by atoms with Crippen LogP contribution in [0, 0.1) is 5.41 Å². The summed E-state index contributed by atoms with van der Waals surface area (Å²) in [6, 6.07) is 5.35. The van der Waals surface area contributed by atoms with Gasteiger partial charge in [0.15, 0.2) is 0 Å². The second-order valence-electron chi connectivity index (χ2n) is 5.08. The number of benzene rings is 1. The summed E-state index contributed by atoms with van der Waals surface area (Å²) in [5.74, 6) is 1.59. The summed E-state index contributed by atoms with van der Waals surface area (Å²) in [7, 11) is 0. The summed E-state index contributed by atoms with van der Waals surface area (Å²) in [5.41, 5.74) is 0.213. The van der Waals surface area contributed by atoms with Crippen LogP contribution in [0.5, 0.6) is 5.75 Å². The van der Waals surface area contributed by atoms with E-state index in [2.05, 4.69) is 12.6 Å². The lowest BCUT2D eigenvalue weighted by Gasteiger charge is -2.35. The van der Waals surface area contributed by atoms with Crippen molar-refractivity contribution in [3.63, 3.8) is 0 Å². The monoisotopic (exact) mass is 304 g/mol. The number of rotatable bonds is 4. The van der Waals surface area contributed by atoms with Crippen molar-refractivity contribution in [2.45, 2.75) is 32.1 Å². The van der Waals surface area contributed by atoms with Crippen molar-refractivity contribution in [1.29, 1.82) is 0 Å². The summed E-state index contributed by atoms with van der Waals surface area (Å²) in [5, 5.41) is 1.21. The van der Waals surface area contributed by atoms with Crippen LogP contribution in [0.4, 0.5) is 0 Å². The molecule has 1 aliphatic rings. The molecule has 1 fully saturated rings. The maximum atomic E-state index is 6.11. The second kappa shape index (κ2) is 6.40. The van der Waals surface area contributed by atoms with Gasteiger partial charge in [0.05, 0.1) is 11.6 Å². The van der Waals surface area contributed by atoms with Crippen LogP contribution in [-0.4, -0.2) is 12.4 Å². The summed E-state index contributed by atoms with van der Waals surface area (Å²) >= 11 is 16.5. The van der Waals surface area contributed by atoms with Crippen molar-refractivity contribution in [3.05, 3.63) is 28.2 Å². The molecule has 1 aromatic rings. The van der Waals surface area contributed by atoms with E-state index < -0.39 is 0 Å². The zero-order valence-corrected chi connectivity index (χ0v) is 12.7. The van der Waals surface area contributed by atoms with Crippen LogP contribution in [0.2, 0.25) is 10.0 Å². The molecule has 100 valence electrons. The van der Waals surface area contributed by atoms with Crippen LogP contribution in [-0.2, 0) is 0 Å². The molecular weight excluding hydrogens is 287 g/mol. The third kappa shape index (κ3) is 3.49. The molecule has 2 rings (SSSR count). The fourth-order valence-electron chi connectivity index (χ4n) is 2.47. The first-order valence-corrected chi connectivity index (χ1v) is 7.73. The standard InChI is InChI=1S/C14H18Cl2OS/c15-11-4-5-13(12(16)8-11)17-9-14(10-18)6-2-1-3-7-14/h4-5,8,18H,1-3,6-7,9-10H2. The zero-order valence-electron chi connectivity index (χ0n) is 10.3. The Morgan fingerprint density at radius 3 is 2.50 bits per heavy atom. The highest BCUT2D eigenvalue weighted by Gasteiger charge is 2.31. The van der Waals surface area contributed by atoms with Crippen molar-refractivity contribution in [2.24, 2.45) is 5.41 Å². The van der Waals surface area contributed by atoms with Gasteiger partial charge in [0, 0.05) is 10.4 Å². The summed E-state index contributed by atoms with van der Waals surface area (Å²) in [6.07, 6.45) is 6.27.